The fourth-order valence-corrected chi connectivity index (χ4v) is 6.25. The second kappa shape index (κ2) is 10.1. The van der Waals surface area contributed by atoms with Gasteiger partial charge in [0, 0.05) is 9.50 Å². The van der Waals surface area contributed by atoms with Gasteiger partial charge in [-0.05, 0) is 47.9 Å². The molecule has 7 nitrogen and oxygen atoms in total. The molecule has 35 heavy (non-hydrogen) atoms. The van der Waals surface area contributed by atoms with Crippen molar-refractivity contribution in [2.75, 3.05) is 6.61 Å². The first-order valence-corrected chi connectivity index (χ1v) is 13.6. The minimum atomic E-state index is -3.86. The number of aromatic nitrogens is 3. The van der Waals surface area contributed by atoms with Crippen molar-refractivity contribution in [3.63, 3.8) is 0 Å². The van der Waals surface area contributed by atoms with Crippen LogP contribution in [0.2, 0.25) is 5.02 Å². The fourth-order valence-electron chi connectivity index (χ4n) is 4.09. The Morgan fingerprint density at radius 1 is 1.00 bits per heavy atom. The van der Waals surface area contributed by atoms with Gasteiger partial charge in [0.05, 0.1) is 31.0 Å². The van der Waals surface area contributed by atoms with Gasteiger partial charge in [0.2, 0.25) is 10.0 Å². The summed E-state index contributed by atoms with van der Waals surface area (Å²) in [6.07, 6.45) is 2.28. The molecule has 0 saturated carbocycles. The summed E-state index contributed by atoms with van der Waals surface area (Å²) in [6, 6.07) is 21.8. The monoisotopic (exact) mass is 572 g/mol. The van der Waals surface area contributed by atoms with Crippen LogP contribution >= 0.6 is 27.5 Å². The zero-order valence-electron chi connectivity index (χ0n) is 18.6. The minimum Gasteiger partial charge on any atom is -0.490 e. The Morgan fingerprint density at radius 2 is 1.77 bits per heavy atom. The average Bonchev–Trinajstić information content (AvgIpc) is 3.25. The molecule has 0 unspecified atom stereocenters. The van der Waals surface area contributed by atoms with Crippen LogP contribution in [0.3, 0.4) is 0 Å². The third-order valence-corrected chi connectivity index (χ3v) is 8.49. The molecule has 10 heteroatoms. The number of benzene rings is 3. The second-order valence-corrected chi connectivity index (χ2v) is 11.5. The third kappa shape index (κ3) is 5.43. The molecule has 0 saturated heterocycles. The van der Waals surface area contributed by atoms with Gasteiger partial charge >= 0.3 is 0 Å². The zero-order chi connectivity index (χ0) is 24.4. The third-order valence-electron chi connectivity index (χ3n) is 5.81. The molecular weight excluding hydrogens is 552 g/mol. The Morgan fingerprint density at radius 3 is 2.54 bits per heavy atom. The molecule has 2 heterocycles. The Kier molecular flexibility index (Phi) is 6.93. The van der Waals surface area contributed by atoms with Crippen molar-refractivity contribution in [1.29, 1.82) is 0 Å². The van der Waals surface area contributed by atoms with Gasteiger partial charge in [0.15, 0.2) is 0 Å². The van der Waals surface area contributed by atoms with E-state index >= 15 is 0 Å². The highest BCUT2D eigenvalue weighted by Crippen LogP contribution is 2.35. The van der Waals surface area contributed by atoms with E-state index in [1.165, 1.54) is 4.31 Å². The van der Waals surface area contributed by atoms with Crippen LogP contribution in [0.25, 0.3) is 0 Å². The highest BCUT2D eigenvalue weighted by molar-refractivity contribution is 9.10. The van der Waals surface area contributed by atoms with Crippen molar-refractivity contribution in [2.45, 2.75) is 30.4 Å². The van der Waals surface area contributed by atoms with Crippen LogP contribution in [0.1, 0.15) is 16.8 Å². The van der Waals surface area contributed by atoms with Gasteiger partial charge in [-0.2, -0.15) is 4.31 Å². The summed E-state index contributed by atoms with van der Waals surface area (Å²) in [5, 5.41) is 9.14. The summed E-state index contributed by atoms with van der Waals surface area (Å²) in [5.41, 5.74) is 2.60. The maximum absolute atomic E-state index is 13.8. The molecule has 0 fully saturated rings. The quantitative estimate of drug-likeness (QED) is 0.327. The van der Waals surface area contributed by atoms with E-state index in [2.05, 4.69) is 26.2 Å². The van der Waals surface area contributed by atoms with Crippen LogP contribution < -0.4 is 4.74 Å². The molecule has 0 spiro atoms. The molecule has 0 aliphatic carbocycles. The standard InChI is InChI=1S/C25H22BrClN4O3S/c26-20-8-11-25-24(13-20)34-17-23(12-18-4-2-1-3-5-18)31(35(25,32)33)16-22-15-30(29-28-22)14-19-6-9-21(27)10-7-19/h1-11,13,15,23H,12,14,16-17H2/t23-/m1/s1. The zero-order valence-corrected chi connectivity index (χ0v) is 21.7. The summed E-state index contributed by atoms with van der Waals surface area (Å²) in [5.74, 6) is 0.339. The minimum absolute atomic E-state index is 0.0827. The van der Waals surface area contributed by atoms with Crippen LogP contribution in [-0.2, 0) is 29.5 Å². The predicted octanol–water partition coefficient (Wildman–Crippen LogP) is 4.94. The van der Waals surface area contributed by atoms with Gasteiger partial charge < -0.3 is 4.74 Å². The van der Waals surface area contributed by atoms with Gasteiger partial charge in [-0.1, -0.05) is 75.2 Å². The first kappa shape index (κ1) is 24.0. The number of nitrogens with zero attached hydrogens (tertiary/aromatic N) is 4. The summed E-state index contributed by atoms with van der Waals surface area (Å²) >= 11 is 9.38. The summed E-state index contributed by atoms with van der Waals surface area (Å²) < 4.78 is 37.6. The van der Waals surface area contributed by atoms with Gasteiger partial charge in [0.25, 0.3) is 0 Å². The van der Waals surface area contributed by atoms with Crippen molar-refractivity contribution in [1.82, 2.24) is 19.3 Å². The first-order chi connectivity index (χ1) is 16.9. The largest absolute Gasteiger partial charge is 0.490 e. The highest BCUT2D eigenvalue weighted by atomic mass is 79.9. The van der Waals surface area contributed by atoms with E-state index in [0.717, 1.165) is 15.6 Å². The first-order valence-electron chi connectivity index (χ1n) is 11.0. The number of halogens is 2. The van der Waals surface area contributed by atoms with Crippen molar-refractivity contribution >= 4 is 37.6 Å². The lowest BCUT2D eigenvalue weighted by Gasteiger charge is -2.27. The molecule has 1 aromatic heterocycles. The molecule has 0 amide bonds. The van der Waals surface area contributed by atoms with Gasteiger partial charge in [-0.3, -0.25) is 0 Å². The molecule has 1 aliphatic heterocycles. The number of hydrogen-bond acceptors (Lipinski definition) is 5. The van der Waals surface area contributed by atoms with E-state index in [1.54, 1.807) is 29.1 Å². The van der Waals surface area contributed by atoms with E-state index in [9.17, 15) is 8.42 Å². The van der Waals surface area contributed by atoms with Crippen LogP contribution in [-0.4, -0.2) is 40.4 Å². The molecule has 5 rings (SSSR count). The fraction of sp³-hybridized carbons (Fsp3) is 0.200. The maximum atomic E-state index is 13.8. The van der Waals surface area contributed by atoms with Crippen LogP contribution in [0.15, 0.2) is 88.4 Å². The molecule has 1 aliphatic rings. The van der Waals surface area contributed by atoms with E-state index in [1.807, 2.05) is 54.6 Å². The highest BCUT2D eigenvalue weighted by Gasteiger charge is 2.37. The molecular formula is C25H22BrClN4O3S. The summed E-state index contributed by atoms with van der Waals surface area (Å²) in [7, 11) is -3.86. The molecule has 0 bridgehead atoms. The molecule has 4 aromatic rings. The van der Waals surface area contributed by atoms with Crippen molar-refractivity contribution < 1.29 is 13.2 Å². The molecule has 0 N–H and O–H groups in total. The normalized spacial score (nSPS) is 17.4. The van der Waals surface area contributed by atoms with Crippen molar-refractivity contribution in [3.05, 3.63) is 105 Å². The Bertz CT molecular complexity index is 1430. The van der Waals surface area contributed by atoms with Crippen molar-refractivity contribution in [3.8, 4) is 5.75 Å². The van der Waals surface area contributed by atoms with Gasteiger partial charge in [-0.25, -0.2) is 13.1 Å². The average molecular weight is 574 g/mol. The van der Waals surface area contributed by atoms with Gasteiger partial charge in [0.1, 0.15) is 17.3 Å². The van der Waals surface area contributed by atoms with Crippen LogP contribution in [0.4, 0.5) is 0 Å². The summed E-state index contributed by atoms with van der Waals surface area (Å²) in [6.45, 7) is 0.806. The Balaban J connectivity index is 1.45. The van der Waals surface area contributed by atoms with Crippen LogP contribution in [0.5, 0.6) is 5.75 Å². The number of ether oxygens (including phenoxy) is 1. The summed E-state index contributed by atoms with van der Waals surface area (Å²) in [4.78, 5) is 0.143. The maximum Gasteiger partial charge on any atom is 0.247 e. The lowest BCUT2D eigenvalue weighted by atomic mass is 10.1. The molecule has 180 valence electrons. The van der Waals surface area contributed by atoms with Crippen LogP contribution in [0, 0.1) is 0 Å². The Labute approximate surface area is 217 Å². The van der Waals surface area contributed by atoms with E-state index < -0.39 is 16.1 Å². The number of fused-ring (bicyclic) bond motifs is 1. The van der Waals surface area contributed by atoms with Gasteiger partial charge in [-0.15, -0.1) is 5.10 Å². The molecule has 3 aromatic carbocycles. The van der Waals surface area contributed by atoms with E-state index in [0.29, 0.717) is 29.4 Å². The topological polar surface area (TPSA) is 77.3 Å². The smallest absolute Gasteiger partial charge is 0.247 e. The number of hydrogen-bond donors (Lipinski definition) is 0. The number of sulfonamides is 1. The van der Waals surface area contributed by atoms with Crippen molar-refractivity contribution in [2.24, 2.45) is 0 Å². The lowest BCUT2D eigenvalue weighted by Crippen LogP contribution is -2.42. The lowest BCUT2D eigenvalue weighted by molar-refractivity contribution is 0.206. The molecule has 0 radical (unpaired) electrons. The Hall–Kier alpha value is -2.72. The SMILES string of the molecule is O=S1(=O)c2ccc(Br)cc2OC[C@@H](Cc2ccccc2)N1Cc1cn(Cc2ccc(Cl)cc2)nn1. The predicted molar refractivity (Wildman–Crippen MR) is 137 cm³/mol. The number of rotatable bonds is 6. The second-order valence-electron chi connectivity index (χ2n) is 8.33. The molecule has 1 atom stereocenters. The van der Waals surface area contributed by atoms with E-state index in [-0.39, 0.29) is 18.0 Å². The van der Waals surface area contributed by atoms with E-state index in [4.69, 9.17) is 16.3 Å².